The molecule has 1 saturated heterocycles. The van der Waals surface area contributed by atoms with Gasteiger partial charge < -0.3 is 9.84 Å². The highest BCUT2D eigenvalue weighted by molar-refractivity contribution is 6.10. The van der Waals surface area contributed by atoms with Crippen LogP contribution >= 0.6 is 0 Å². The van der Waals surface area contributed by atoms with Crippen LogP contribution in [0.5, 0.6) is 5.75 Å². The molecule has 1 aliphatic heterocycles. The summed E-state index contributed by atoms with van der Waals surface area (Å²) in [6.45, 7) is 1.48. The van der Waals surface area contributed by atoms with Crippen molar-refractivity contribution in [3.05, 3.63) is 29.3 Å². The van der Waals surface area contributed by atoms with Crippen LogP contribution in [0, 0.1) is 11.8 Å². The Bertz CT molecular complexity index is 638. The van der Waals surface area contributed by atoms with E-state index in [1.807, 2.05) is 6.07 Å². The quantitative estimate of drug-likeness (QED) is 0.865. The zero-order chi connectivity index (χ0) is 16.7. The second-order valence-electron chi connectivity index (χ2n) is 7.57. The second kappa shape index (κ2) is 6.32. The second-order valence-corrected chi connectivity index (χ2v) is 7.57. The average Bonchev–Trinajstić information content (AvgIpc) is 3.40. The Hall–Kier alpha value is -1.68. The molecule has 0 atom stereocenters. The van der Waals surface area contributed by atoms with Crippen molar-refractivity contribution in [2.24, 2.45) is 11.8 Å². The van der Waals surface area contributed by atoms with Gasteiger partial charge in [-0.2, -0.15) is 0 Å². The molecule has 2 saturated carbocycles. The molecule has 4 rings (SSSR count). The summed E-state index contributed by atoms with van der Waals surface area (Å²) in [5.41, 5.74) is 1.85. The molecule has 0 unspecified atom stereocenters. The number of phenolic OH excluding ortho intramolecular Hbond substituents is 1. The van der Waals surface area contributed by atoms with E-state index < -0.39 is 5.92 Å². The van der Waals surface area contributed by atoms with Gasteiger partial charge in [0.2, 0.25) is 0 Å². The molecule has 3 fully saturated rings. The van der Waals surface area contributed by atoms with Crippen LogP contribution in [-0.2, 0) is 14.3 Å². The van der Waals surface area contributed by atoms with Crippen LogP contribution in [0.15, 0.2) is 18.2 Å². The Balaban J connectivity index is 1.58. The van der Waals surface area contributed by atoms with Crippen LogP contribution < -0.4 is 0 Å². The predicted molar refractivity (Wildman–Crippen MR) is 89.1 cm³/mol. The van der Waals surface area contributed by atoms with E-state index in [-0.39, 0.29) is 23.2 Å². The highest BCUT2D eigenvalue weighted by atomic mass is 16.5. The minimum Gasteiger partial charge on any atom is -0.508 e. The number of carbonyl (C=O) groups is 2. The van der Waals surface area contributed by atoms with Crippen molar-refractivity contribution >= 4 is 11.6 Å². The zero-order valence-electron chi connectivity index (χ0n) is 13.9. The van der Waals surface area contributed by atoms with Crippen molar-refractivity contribution in [2.75, 3.05) is 13.2 Å². The lowest BCUT2D eigenvalue weighted by atomic mass is 9.69. The number of hydrogen-bond acceptors (Lipinski definition) is 4. The van der Waals surface area contributed by atoms with Crippen molar-refractivity contribution in [2.45, 2.75) is 50.4 Å². The summed E-state index contributed by atoms with van der Waals surface area (Å²) in [5.74, 6) is 0.608. The molecule has 2 aliphatic carbocycles. The van der Waals surface area contributed by atoms with E-state index in [4.69, 9.17) is 4.74 Å². The fraction of sp³-hybridized carbons (Fsp3) is 0.600. The van der Waals surface area contributed by atoms with Gasteiger partial charge in [-0.05, 0) is 66.7 Å². The number of Topliss-reactive ketones (excluding diaryl/α,β-unsaturated/α-hetero) is 2. The maximum absolute atomic E-state index is 12.8. The van der Waals surface area contributed by atoms with Crippen molar-refractivity contribution in [1.29, 1.82) is 0 Å². The average molecular weight is 328 g/mol. The molecule has 1 N–H and O–H groups in total. The minimum atomic E-state index is -0.663. The Morgan fingerprint density at radius 3 is 2.17 bits per heavy atom. The fourth-order valence-corrected chi connectivity index (χ4v) is 4.45. The SMILES string of the molecule is O=C1CC(C2CCOCC2)CC(=O)C1c1cc(O)ccc1C1CC1. The smallest absolute Gasteiger partial charge is 0.148 e. The van der Waals surface area contributed by atoms with Gasteiger partial charge >= 0.3 is 0 Å². The van der Waals surface area contributed by atoms with E-state index >= 15 is 0 Å². The first-order valence-electron chi connectivity index (χ1n) is 9.09. The summed E-state index contributed by atoms with van der Waals surface area (Å²) in [5, 5.41) is 9.86. The highest BCUT2D eigenvalue weighted by Crippen LogP contribution is 2.46. The standard InChI is InChI=1S/C20H24O4/c21-15-3-4-16(13-1-2-13)17(11-15)20-18(22)9-14(10-19(20)23)12-5-7-24-8-6-12/h3-4,11-14,20-21H,1-2,5-10H2. The van der Waals surface area contributed by atoms with Crippen LogP contribution in [0.1, 0.15) is 61.5 Å². The van der Waals surface area contributed by atoms with Gasteiger partial charge in [0.05, 0.1) is 0 Å². The van der Waals surface area contributed by atoms with Crippen LogP contribution in [0.4, 0.5) is 0 Å². The summed E-state index contributed by atoms with van der Waals surface area (Å²) >= 11 is 0. The molecule has 0 radical (unpaired) electrons. The van der Waals surface area contributed by atoms with Crippen molar-refractivity contribution < 1.29 is 19.4 Å². The largest absolute Gasteiger partial charge is 0.508 e. The van der Waals surface area contributed by atoms with Crippen LogP contribution in [0.25, 0.3) is 0 Å². The number of benzene rings is 1. The third-order valence-corrected chi connectivity index (χ3v) is 5.90. The molecule has 0 amide bonds. The lowest BCUT2D eigenvalue weighted by Gasteiger charge is -2.34. The third-order valence-electron chi connectivity index (χ3n) is 5.90. The summed E-state index contributed by atoms with van der Waals surface area (Å²) in [6, 6.07) is 5.20. The molecule has 128 valence electrons. The molecule has 1 aromatic carbocycles. The Morgan fingerprint density at radius 1 is 0.875 bits per heavy atom. The Morgan fingerprint density at radius 2 is 1.54 bits per heavy atom. The number of phenols is 1. The highest BCUT2D eigenvalue weighted by Gasteiger charge is 2.41. The Labute approximate surface area is 142 Å². The number of ketones is 2. The predicted octanol–water partition coefficient (Wildman–Crippen LogP) is 3.33. The summed E-state index contributed by atoms with van der Waals surface area (Å²) in [4.78, 5) is 25.7. The Kier molecular flexibility index (Phi) is 4.17. The number of aromatic hydroxyl groups is 1. The van der Waals surface area contributed by atoms with E-state index in [0.717, 1.165) is 50.0 Å². The van der Waals surface area contributed by atoms with E-state index in [9.17, 15) is 14.7 Å². The van der Waals surface area contributed by atoms with E-state index in [1.165, 1.54) is 0 Å². The van der Waals surface area contributed by atoms with Crippen LogP contribution in [0.2, 0.25) is 0 Å². The maximum atomic E-state index is 12.8. The first kappa shape index (κ1) is 15.8. The zero-order valence-corrected chi connectivity index (χ0v) is 13.9. The third kappa shape index (κ3) is 3.00. The van der Waals surface area contributed by atoms with Gasteiger partial charge in [-0.3, -0.25) is 9.59 Å². The fourth-order valence-electron chi connectivity index (χ4n) is 4.45. The lowest BCUT2D eigenvalue weighted by molar-refractivity contribution is -0.135. The van der Waals surface area contributed by atoms with Gasteiger partial charge in [-0.25, -0.2) is 0 Å². The minimum absolute atomic E-state index is 0.0373. The van der Waals surface area contributed by atoms with Gasteiger partial charge in [0.25, 0.3) is 0 Å². The van der Waals surface area contributed by atoms with Crippen molar-refractivity contribution in [1.82, 2.24) is 0 Å². The molecule has 1 heterocycles. The topological polar surface area (TPSA) is 63.6 Å². The van der Waals surface area contributed by atoms with Gasteiger partial charge in [0, 0.05) is 26.1 Å². The first-order valence-corrected chi connectivity index (χ1v) is 9.09. The van der Waals surface area contributed by atoms with Crippen molar-refractivity contribution in [3.63, 3.8) is 0 Å². The normalized spacial score (nSPS) is 29.0. The van der Waals surface area contributed by atoms with Crippen LogP contribution in [-0.4, -0.2) is 29.9 Å². The lowest BCUT2D eigenvalue weighted by Crippen LogP contribution is -2.36. The summed E-state index contributed by atoms with van der Waals surface area (Å²) < 4.78 is 5.40. The summed E-state index contributed by atoms with van der Waals surface area (Å²) in [6.07, 6.45) is 5.10. The van der Waals surface area contributed by atoms with E-state index in [1.54, 1.807) is 12.1 Å². The molecular formula is C20H24O4. The van der Waals surface area contributed by atoms with E-state index in [2.05, 4.69) is 0 Å². The molecule has 4 heteroatoms. The molecule has 1 aromatic rings. The number of carbonyl (C=O) groups excluding carboxylic acids is 2. The molecule has 4 nitrogen and oxygen atoms in total. The molecule has 0 bridgehead atoms. The number of rotatable bonds is 3. The summed E-state index contributed by atoms with van der Waals surface area (Å²) in [7, 11) is 0. The van der Waals surface area contributed by atoms with Crippen molar-refractivity contribution in [3.8, 4) is 5.75 Å². The van der Waals surface area contributed by atoms with Gasteiger partial charge in [0.15, 0.2) is 0 Å². The van der Waals surface area contributed by atoms with Gasteiger partial charge in [-0.15, -0.1) is 0 Å². The molecule has 0 spiro atoms. The number of hydrogen-bond donors (Lipinski definition) is 1. The van der Waals surface area contributed by atoms with Crippen LogP contribution in [0.3, 0.4) is 0 Å². The first-order chi connectivity index (χ1) is 11.6. The molecule has 24 heavy (non-hydrogen) atoms. The van der Waals surface area contributed by atoms with Gasteiger partial charge in [0.1, 0.15) is 23.2 Å². The molecule has 0 aromatic heterocycles. The van der Waals surface area contributed by atoms with Gasteiger partial charge in [-0.1, -0.05) is 6.07 Å². The number of ether oxygens (including phenoxy) is 1. The monoisotopic (exact) mass is 328 g/mol. The molecular weight excluding hydrogens is 304 g/mol. The maximum Gasteiger partial charge on any atom is 0.148 e. The molecule has 3 aliphatic rings. The van der Waals surface area contributed by atoms with E-state index in [0.29, 0.717) is 24.7 Å².